The lowest BCUT2D eigenvalue weighted by molar-refractivity contribution is -0.928. The summed E-state index contributed by atoms with van der Waals surface area (Å²) in [6.45, 7) is 7.48. The standard InChI is InChI=1S/C15H20ClFN2O2/c1-9-7-19(8-10(2)21-9)11(3)15(20)18-14-5-4-12(17)6-13(14)16/h4-6,9-11H,7-8H2,1-3H3,(H,18,20)/p+1/t9-,10-,11+/m1/s1. The third-order valence-electron chi connectivity index (χ3n) is 3.76. The number of benzene rings is 1. The van der Waals surface area contributed by atoms with Gasteiger partial charge >= 0.3 is 0 Å². The van der Waals surface area contributed by atoms with Gasteiger partial charge < -0.3 is 15.0 Å². The first-order valence-corrected chi connectivity index (χ1v) is 7.50. The van der Waals surface area contributed by atoms with Crippen LogP contribution in [0.5, 0.6) is 0 Å². The highest BCUT2D eigenvalue weighted by atomic mass is 35.5. The first kappa shape index (κ1) is 16.2. The highest BCUT2D eigenvalue weighted by Gasteiger charge is 2.33. The van der Waals surface area contributed by atoms with Crippen molar-refractivity contribution in [3.05, 3.63) is 29.0 Å². The van der Waals surface area contributed by atoms with Gasteiger partial charge in [0.25, 0.3) is 5.91 Å². The van der Waals surface area contributed by atoms with E-state index in [1.807, 2.05) is 20.8 Å². The van der Waals surface area contributed by atoms with Crippen LogP contribution in [0.4, 0.5) is 10.1 Å². The van der Waals surface area contributed by atoms with Crippen LogP contribution in [-0.2, 0) is 9.53 Å². The van der Waals surface area contributed by atoms with Gasteiger partial charge in [-0.3, -0.25) is 4.79 Å². The summed E-state index contributed by atoms with van der Waals surface area (Å²) in [4.78, 5) is 13.5. The van der Waals surface area contributed by atoms with Crippen molar-refractivity contribution in [2.75, 3.05) is 18.4 Å². The maximum atomic E-state index is 13.0. The van der Waals surface area contributed by atoms with Crippen LogP contribution in [0, 0.1) is 5.82 Å². The quantitative estimate of drug-likeness (QED) is 0.887. The van der Waals surface area contributed by atoms with Crippen LogP contribution in [0.15, 0.2) is 18.2 Å². The van der Waals surface area contributed by atoms with Crippen LogP contribution in [-0.4, -0.2) is 37.2 Å². The Hall–Kier alpha value is -1.17. The summed E-state index contributed by atoms with van der Waals surface area (Å²) >= 11 is 5.93. The molecule has 0 saturated carbocycles. The predicted octanol–water partition coefficient (Wildman–Crippen LogP) is 1.50. The van der Waals surface area contributed by atoms with Gasteiger partial charge in [-0.05, 0) is 39.0 Å². The highest BCUT2D eigenvalue weighted by Crippen LogP contribution is 2.22. The van der Waals surface area contributed by atoms with E-state index in [4.69, 9.17) is 16.3 Å². The number of rotatable bonds is 3. The average Bonchev–Trinajstić information content (AvgIpc) is 2.40. The molecule has 0 radical (unpaired) electrons. The Morgan fingerprint density at radius 3 is 2.62 bits per heavy atom. The lowest BCUT2D eigenvalue weighted by Gasteiger charge is -2.35. The molecule has 0 aliphatic carbocycles. The molecule has 0 spiro atoms. The molecule has 1 saturated heterocycles. The van der Waals surface area contributed by atoms with E-state index in [1.54, 1.807) is 0 Å². The summed E-state index contributed by atoms with van der Waals surface area (Å²) in [5.74, 6) is -0.549. The maximum absolute atomic E-state index is 13.0. The van der Waals surface area contributed by atoms with E-state index >= 15 is 0 Å². The molecular formula is C15H21ClFN2O2+. The largest absolute Gasteiger partial charge is 0.364 e. The second-order valence-electron chi connectivity index (χ2n) is 5.66. The third-order valence-corrected chi connectivity index (χ3v) is 4.07. The molecular weight excluding hydrogens is 295 g/mol. The zero-order chi connectivity index (χ0) is 15.6. The summed E-state index contributed by atoms with van der Waals surface area (Å²) < 4.78 is 18.7. The lowest BCUT2D eigenvalue weighted by atomic mass is 10.1. The van der Waals surface area contributed by atoms with E-state index in [0.29, 0.717) is 5.69 Å². The average molecular weight is 316 g/mol. The molecule has 21 heavy (non-hydrogen) atoms. The van der Waals surface area contributed by atoms with Crippen LogP contribution in [0.3, 0.4) is 0 Å². The molecule has 1 aromatic carbocycles. The van der Waals surface area contributed by atoms with Gasteiger partial charge in [0.1, 0.15) is 31.1 Å². The lowest BCUT2D eigenvalue weighted by Crippen LogP contribution is -3.19. The highest BCUT2D eigenvalue weighted by molar-refractivity contribution is 6.33. The van der Waals surface area contributed by atoms with E-state index < -0.39 is 5.82 Å². The molecule has 4 nitrogen and oxygen atoms in total. The molecule has 1 fully saturated rings. The zero-order valence-electron chi connectivity index (χ0n) is 12.5. The van der Waals surface area contributed by atoms with Crippen molar-refractivity contribution in [3.8, 4) is 0 Å². The normalized spacial score (nSPS) is 27.2. The van der Waals surface area contributed by atoms with E-state index in [9.17, 15) is 9.18 Å². The molecule has 0 bridgehead atoms. The smallest absolute Gasteiger partial charge is 0.282 e. The summed E-state index contributed by atoms with van der Waals surface area (Å²) in [6.07, 6.45) is 0.266. The van der Waals surface area contributed by atoms with Gasteiger partial charge in [0.05, 0.1) is 10.7 Å². The Morgan fingerprint density at radius 1 is 1.43 bits per heavy atom. The number of quaternary nitrogens is 1. The number of carbonyl (C=O) groups excluding carboxylic acids is 1. The minimum absolute atomic E-state index is 0.125. The summed E-state index contributed by atoms with van der Waals surface area (Å²) in [6, 6.07) is 3.72. The van der Waals surface area contributed by atoms with Crippen LogP contribution >= 0.6 is 11.6 Å². The maximum Gasteiger partial charge on any atom is 0.282 e. The minimum atomic E-state index is -0.424. The number of nitrogens with one attached hydrogen (secondary N) is 2. The topological polar surface area (TPSA) is 42.8 Å². The summed E-state index contributed by atoms with van der Waals surface area (Å²) in [5.41, 5.74) is 0.434. The van der Waals surface area contributed by atoms with Crippen molar-refractivity contribution < 1.29 is 18.8 Å². The number of morpholine rings is 1. The Balaban J connectivity index is 2.02. The fourth-order valence-corrected chi connectivity index (χ4v) is 2.90. The summed E-state index contributed by atoms with van der Waals surface area (Å²) in [7, 11) is 0. The first-order valence-electron chi connectivity index (χ1n) is 7.12. The molecule has 1 aromatic rings. The number of hydrogen-bond donors (Lipinski definition) is 2. The Kier molecular flexibility index (Phi) is 5.19. The minimum Gasteiger partial charge on any atom is -0.364 e. The van der Waals surface area contributed by atoms with Gasteiger partial charge in [0.15, 0.2) is 6.04 Å². The van der Waals surface area contributed by atoms with Crippen molar-refractivity contribution in [3.63, 3.8) is 0 Å². The van der Waals surface area contributed by atoms with Crippen molar-refractivity contribution in [1.29, 1.82) is 0 Å². The van der Waals surface area contributed by atoms with Crippen LogP contribution in [0.2, 0.25) is 5.02 Å². The van der Waals surface area contributed by atoms with Gasteiger partial charge in [-0.2, -0.15) is 0 Å². The molecule has 1 amide bonds. The molecule has 3 atom stereocenters. The molecule has 0 unspecified atom stereocenters. The molecule has 1 heterocycles. The number of hydrogen-bond acceptors (Lipinski definition) is 2. The van der Waals surface area contributed by atoms with Gasteiger partial charge in [-0.1, -0.05) is 11.6 Å². The van der Waals surface area contributed by atoms with Crippen LogP contribution in [0.25, 0.3) is 0 Å². The Bertz CT molecular complexity index is 516. The van der Waals surface area contributed by atoms with E-state index in [1.165, 1.54) is 23.1 Å². The van der Waals surface area contributed by atoms with Gasteiger partial charge in [-0.15, -0.1) is 0 Å². The SMILES string of the molecule is C[C@@H]1C[NH+]([C@@H](C)C(=O)Nc2ccc(F)cc2Cl)C[C@@H](C)O1. The number of anilines is 1. The van der Waals surface area contributed by atoms with Crippen LogP contribution in [0.1, 0.15) is 20.8 Å². The molecule has 2 rings (SSSR count). The second kappa shape index (κ2) is 6.73. The molecule has 0 aromatic heterocycles. The van der Waals surface area contributed by atoms with Gasteiger partial charge in [-0.25, -0.2) is 4.39 Å². The Morgan fingerprint density at radius 2 is 2.05 bits per heavy atom. The second-order valence-corrected chi connectivity index (χ2v) is 6.07. The van der Waals surface area contributed by atoms with Crippen molar-refractivity contribution in [2.45, 2.75) is 39.0 Å². The van der Waals surface area contributed by atoms with E-state index in [0.717, 1.165) is 13.1 Å². The summed E-state index contributed by atoms with van der Waals surface area (Å²) in [5, 5.41) is 2.97. The number of carbonyl (C=O) groups is 1. The van der Waals surface area contributed by atoms with Crippen molar-refractivity contribution in [2.24, 2.45) is 0 Å². The number of ether oxygens (including phenoxy) is 1. The molecule has 2 N–H and O–H groups in total. The van der Waals surface area contributed by atoms with Crippen molar-refractivity contribution >= 4 is 23.2 Å². The number of amides is 1. The van der Waals surface area contributed by atoms with E-state index in [-0.39, 0.29) is 29.2 Å². The third kappa shape index (κ3) is 4.15. The molecule has 1 aliphatic rings. The van der Waals surface area contributed by atoms with Crippen molar-refractivity contribution in [1.82, 2.24) is 0 Å². The predicted molar refractivity (Wildman–Crippen MR) is 80.2 cm³/mol. The van der Waals surface area contributed by atoms with Crippen LogP contribution < -0.4 is 10.2 Å². The fourth-order valence-electron chi connectivity index (χ4n) is 2.69. The zero-order valence-corrected chi connectivity index (χ0v) is 13.2. The Labute approximate surface area is 129 Å². The fraction of sp³-hybridized carbons (Fsp3) is 0.533. The van der Waals surface area contributed by atoms with Gasteiger partial charge in [0.2, 0.25) is 0 Å². The monoisotopic (exact) mass is 315 g/mol. The molecule has 6 heteroatoms. The number of halogens is 2. The molecule has 1 aliphatic heterocycles. The first-order chi connectivity index (χ1) is 9.86. The van der Waals surface area contributed by atoms with Gasteiger partial charge in [0, 0.05) is 0 Å². The van der Waals surface area contributed by atoms with E-state index in [2.05, 4.69) is 5.32 Å². The molecule has 116 valence electrons.